The lowest BCUT2D eigenvalue weighted by Crippen LogP contribution is -2.29. The Bertz CT molecular complexity index is 1080. The molecule has 0 aromatic carbocycles. The molecule has 0 aromatic heterocycles. The number of aliphatic hydroxyl groups is 3. The highest BCUT2D eigenvalue weighted by Crippen LogP contribution is 2.43. The van der Waals surface area contributed by atoms with Gasteiger partial charge in [0.05, 0.1) is 25.9 Å². The van der Waals surface area contributed by atoms with Gasteiger partial charge in [0, 0.05) is 12.8 Å². The number of phosphoric ester groups is 1. The molecule has 0 aromatic rings. The molecule has 4 N–H and O–H groups in total. The molecule has 0 rings (SSSR count). The van der Waals surface area contributed by atoms with E-state index in [-0.39, 0.29) is 25.6 Å². The number of phosphoric acid groups is 1. The number of rotatable bonds is 34. The summed E-state index contributed by atoms with van der Waals surface area (Å²) >= 11 is 0. The smallest absolute Gasteiger partial charge is 0.462 e. The van der Waals surface area contributed by atoms with Crippen LogP contribution < -0.4 is 0 Å². The molecule has 0 heterocycles. The average Bonchev–Trinajstić information content (AvgIpc) is 3.11. The highest BCUT2D eigenvalue weighted by atomic mass is 31.2. The number of aliphatic hydroxyl groups excluding tert-OH is 3. The van der Waals surface area contributed by atoms with Crippen molar-refractivity contribution in [2.75, 3.05) is 26.4 Å². The lowest BCUT2D eigenvalue weighted by molar-refractivity contribution is -0.161. The quantitative estimate of drug-likeness (QED) is 0.0164. The van der Waals surface area contributed by atoms with Crippen LogP contribution in [0.25, 0.3) is 0 Å². The summed E-state index contributed by atoms with van der Waals surface area (Å²) in [5, 5.41) is 27.7. The monoisotopic (exact) mass is 756 g/mol. The van der Waals surface area contributed by atoms with Crippen molar-refractivity contribution >= 4 is 19.8 Å². The molecule has 12 heteroatoms. The Balaban J connectivity index is 4.48. The van der Waals surface area contributed by atoms with Crippen LogP contribution in [0.2, 0.25) is 0 Å². The van der Waals surface area contributed by atoms with E-state index in [0.29, 0.717) is 25.7 Å². The summed E-state index contributed by atoms with van der Waals surface area (Å²) in [5.74, 6) is -0.274. The van der Waals surface area contributed by atoms with Crippen LogP contribution in [0.3, 0.4) is 0 Å². The van der Waals surface area contributed by atoms with Crippen LogP contribution in [0, 0.1) is 5.92 Å². The molecule has 11 nitrogen and oxygen atoms in total. The van der Waals surface area contributed by atoms with Crippen molar-refractivity contribution in [2.24, 2.45) is 5.92 Å². The van der Waals surface area contributed by atoms with Crippen molar-refractivity contribution in [1.82, 2.24) is 0 Å². The fourth-order valence-electron chi connectivity index (χ4n) is 4.63. The minimum absolute atomic E-state index is 0.147. The SMILES string of the molecule is CC[C@H](O)/C=C/C=C\C/C=C\C/C=C\C/C=C\CCCC(=O)OC[C@H](COP(=O)(O)OC[C@@H](O)CO)OC(=O)CCCCCCCCCCC(C)C. The van der Waals surface area contributed by atoms with E-state index in [1.807, 2.05) is 37.3 Å². The normalized spacial score (nSPS) is 15.4. The third kappa shape index (κ3) is 34.7. The number of esters is 2. The lowest BCUT2D eigenvalue weighted by Gasteiger charge is -2.20. The molecule has 0 radical (unpaired) electrons. The predicted molar refractivity (Wildman–Crippen MR) is 206 cm³/mol. The molecule has 300 valence electrons. The fourth-order valence-corrected chi connectivity index (χ4v) is 5.42. The van der Waals surface area contributed by atoms with E-state index in [2.05, 4.69) is 42.7 Å². The number of carbonyl (C=O) groups is 2. The van der Waals surface area contributed by atoms with Crippen LogP contribution in [0.5, 0.6) is 0 Å². The lowest BCUT2D eigenvalue weighted by atomic mass is 10.0. The van der Waals surface area contributed by atoms with Crippen molar-refractivity contribution < 1.29 is 52.9 Å². The van der Waals surface area contributed by atoms with Gasteiger partial charge < -0.3 is 29.7 Å². The van der Waals surface area contributed by atoms with E-state index in [0.717, 1.165) is 44.4 Å². The molecule has 0 saturated heterocycles. The molecule has 4 atom stereocenters. The molecule has 1 unspecified atom stereocenters. The van der Waals surface area contributed by atoms with E-state index in [1.165, 1.54) is 32.1 Å². The maximum absolute atomic E-state index is 12.5. The van der Waals surface area contributed by atoms with Crippen LogP contribution in [-0.2, 0) is 32.7 Å². The maximum atomic E-state index is 12.5. The van der Waals surface area contributed by atoms with E-state index in [9.17, 15) is 29.3 Å². The minimum Gasteiger partial charge on any atom is -0.462 e. The van der Waals surface area contributed by atoms with Crippen molar-refractivity contribution in [3.8, 4) is 0 Å². The van der Waals surface area contributed by atoms with Crippen LogP contribution >= 0.6 is 7.82 Å². The Morgan fingerprint density at radius 2 is 1.25 bits per heavy atom. The van der Waals surface area contributed by atoms with Crippen molar-refractivity contribution in [1.29, 1.82) is 0 Å². The summed E-state index contributed by atoms with van der Waals surface area (Å²) in [7, 11) is -4.63. The predicted octanol–water partition coefficient (Wildman–Crippen LogP) is 8.38. The van der Waals surface area contributed by atoms with Gasteiger partial charge in [-0.2, -0.15) is 0 Å². The third-order valence-corrected chi connectivity index (χ3v) is 8.72. The van der Waals surface area contributed by atoms with Gasteiger partial charge in [-0.1, -0.05) is 133 Å². The first-order valence-electron chi connectivity index (χ1n) is 19.2. The van der Waals surface area contributed by atoms with Crippen molar-refractivity contribution in [3.63, 3.8) is 0 Å². The van der Waals surface area contributed by atoms with Crippen molar-refractivity contribution in [2.45, 2.75) is 148 Å². The largest absolute Gasteiger partial charge is 0.472 e. The summed E-state index contributed by atoms with van der Waals surface area (Å²) in [5.41, 5.74) is 0. The Labute approximate surface area is 313 Å². The number of hydrogen-bond donors (Lipinski definition) is 4. The first kappa shape index (κ1) is 49.6. The molecule has 0 aliphatic rings. The van der Waals surface area contributed by atoms with E-state index >= 15 is 0 Å². The highest BCUT2D eigenvalue weighted by Gasteiger charge is 2.27. The molecule has 0 amide bonds. The second kappa shape index (κ2) is 34.4. The van der Waals surface area contributed by atoms with Gasteiger partial charge in [0.25, 0.3) is 0 Å². The topological polar surface area (TPSA) is 169 Å². The molecular weight excluding hydrogens is 687 g/mol. The summed E-state index contributed by atoms with van der Waals surface area (Å²) in [4.78, 5) is 34.8. The van der Waals surface area contributed by atoms with E-state index in [1.54, 1.807) is 6.08 Å². The summed E-state index contributed by atoms with van der Waals surface area (Å²) in [6.45, 7) is 4.20. The van der Waals surface area contributed by atoms with Crippen LogP contribution in [0.1, 0.15) is 130 Å². The second-order valence-electron chi connectivity index (χ2n) is 13.3. The Morgan fingerprint density at radius 3 is 1.87 bits per heavy atom. The van der Waals surface area contributed by atoms with Crippen LogP contribution in [0.15, 0.2) is 60.8 Å². The zero-order valence-corrected chi connectivity index (χ0v) is 32.9. The summed E-state index contributed by atoms with van der Waals surface area (Å²) in [6, 6.07) is 0. The molecule has 0 aliphatic heterocycles. The molecule has 52 heavy (non-hydrogen) atoms. The molecular formula is C40H69O11P. The van der Waals surface area contributed by atoms with E-state index < -0.39 is 51.8 Å². The van der Waals surface area contributed by atoms with Gasteiger partial charge in [-0.3, -0.25) is 18.6 Å². The molecule has 0 bridgehead atoms. The standard InChI is InChI=1S/C40H69O11P/c1-4-36(42)28-24-20-16-11-9-7-5-6-8-10-12-17-21-25-29-39(44)48-33-38(34-50-52(46,47)49-32-37(43)31-41)51-40(45)30-26-22-18-14-13-15-19-23-27-35(2)3/h6-9,12,16-17,20,24,28,35-38,41-43H,4-5,10-11,13-15,18-19,21-23,25-27,29-34H2,1-3H3,(H,46,47)/b8-6-,9-7-,17-12-,20-16-,28-24+/t36-,37-,38+/m0/s1. The number of unbranched alkanes of at least 4 members (excludes halogenated alkanes) is 8. The Kier molecular flexibility index (Phi) is 32.8. The average molecular weight is 757 g/mol. The zero-order valence-electron chi connectivity index (χ0n) is 32.0. The van der Waals surface area contributed by atoms with Gasteiger partial charge in [0.1, 0.15) is 12.7 Å². The van der Waals surface area contributed by atoms with Crippen molar-refractivity contribution in [3.05, 3.63) is 60.8 Å². The molecule has 0 saturated carbocycles. The highest BCUT2D eigenvalue weighted by molar-refractivity contribution is 7.47. The first-order valence-corrected chi connectivity index (χ1v) is 20.7. The Hall–Kier alpha value is -2.37. The van der Waals surface area contributed by atoms with Gasteiger partial charge in [0.15, 0.2) is 6.10 Å². The van der Waals surface area contributed by atoms with Gasteiger partial charge in [-0.05, 0) is 50.9 Å². The zero-order chi connectivity index (χ0) is 38.7. The van der Waals surface area contributed by atoms with Gasteiger partial charge in [-0.25, -0.2) is 4.57 Å². The molecule has 0 aliphatic carbocycles. The number of carbonyl (C=O) groups excluding carboxylic acids is 2. The minimum atomic E-state index is -4.63. The van der Waals surface area contributed by atoms with Crippen LogP contribution in [0.4, 0.5) is 0 Å². The number of ether oxygens (including phenoxy) is 2. The summed E-state index contributed by atoms with van der Waals surface area (Å²) in [6.07, 6.45) is 31.7. The van der Waals surface area contributed by atoms with E-state index in [4.69, 9.17) is 19.1 Å². The van der Waals surface area contributed by atoms with Gasteiger partial charge in [0.2, 0.25) is 0 Å². The number of hydrogen-bond acceptors (Lipinski definition) is 10. The summed E-state index contributed by atoms with van der Waals surface area (Å²) < 4.78 is 32.5. The maximum Gasteiger partial charge on any atom is 0.472 e. The van der Waals surface area contributed by atoms with Gasteiger partial charge in [-0.15, -0.1) is 0 Å². The molecule has 0 spiro atoms. The fraction of sp³-hybridized carbons (Fsp3) is 0.700. The van der Waals surface area contributed by atoms with Crippen LogP contribution in [-0.4, -0.2) is 76.9 Å². The molecule has 0 fully saturated rings. The Morgan fingerprint density at radius 1 is 0.692 bits per heavy atom. The number of allylic oxidation sites excluding steroid dienone is 9. The first-order chi connectivity index (χ1) is 25.0. The van der Waals surface area contributed by atoms with Gasteiger partial charge >= 0.3 is 19.8 Å². The third-order valence-electron chi connectivity index (χ3n) is 7.77. The second-order valence-corrected chi connectivity index (χ2v) is 14.7.